The summed E-state index contributed by atoms with van der Waals surface area (Å²) in [7, 11) is 0. The zero-order valence-electron chi connectivity index (χ0n) is 16.0. The Morgan fingerprint density at radius 3 is 2.59 bits per heavy atom. The Hall–Kier alpha value is -3.64. The summed E-state index contributed by atoms with van der Waals surface area (Å²) in [6, 6.07) is 14.5. The maximum absolute atomic E-state index is 9.13. The highest BCUT2D eigenvalue weighted by molar-refractivity contribution is 6.02. The van der Waals surface area contributed by atoms with Gasteiger partial charge in [-0.25, -0.2) is 9.97 Å². The van der Waals surface area contributed by atoms with Crippen molar-refractivity contribution in [3.8, 4) is 23.5 Å². The van der Waals surface area contributed by atoms with Crippen molar-refractivity contribution in [3.63, 3.8) is 0 Å². The van der Waals surface area contributed by atoms with Crippen molar-refractivity contribution in [2.75, 3.05) is 0 Å². The van der Waals surface area contributed by atoms with Gasteiger partial charge in [0.1, 0.15) is 17.0 Å². The van der Waals surface area contributed by atoms with E-state index in [1.807, 2.05) is 36.7 Å². The Kier molecular flexibility index (Phi) is 4.26. The van der Waals surface area contributed by atoms with Crippen molar-refractivity contribution in [2.24, 2.45) is 5.92 Å². The van der Waals surface area contributed by atoms with E-state index in [9.17, 15) is 0 Å². The molecule has 6 nitrogen and oxygen atoms in total. The topological polar surface area (TPSA) is 94.1 Å². The van der Waals surface area contributed by atoms with Gasteiger partial charge in [-0.3, -0.25) is 0 Å². The predicted octanol–water partition coefficient (Wildman–Crippen LogP) is 5.10. The van der Waals surface area contributed by atoms with Gasteiger partial charge in [0.05, 0.1) is 29.4 Å². The highest BCUT2D eigenvalue weighted by atomic mass is 15.1. The summed E-state index contributed by atoms with van der Waals surface area (Å²) in [6.07, 6.45) is 8.59. The van der Waals surface area contributed by atoms with Gasteiger partial charge in [0.2, 0.25) is 0 Å². The molecule has 0 bridgehead atoms. The molecule has 0 spiro atoms. The van der Waals surface area contributed by atoms with Crippen LogP contribution < -0.4 is 0 Å². The summed E-state index contributed by atoms with van der Waals surface area (Å²) in [4.78, 5) is 12.7. The van der Waals surface area contributed by atoms with Crippen LogP contribution in [0.15, 0.2) is 42.7 Å². The Balaban J connectivity index is 1.67. The lowest BCUT2D eigenvalue weighted by atomic mass is 9.84. The molecule has 0 saturated heterocycles. The van der Waals surface area contributed by atoms with Crippen LogP contribution >= 0.6 is 0 Å². The summed E-state index contributed by atoms with van der Waals surface area (Å²) >= 11 is 0. The third kappa shape index (κ3) is 2.94. The summed E-state index contributed by atoms with van der Waals surface area (Å²) < 4.78 is 2.37. The number of rotatable bonds is 3. The van der Waals surface area contributed by atoms with Gasteiger partial charge < -0.3 is 9.55 Å². The Morgan fingerprint density at radius 2 is 1.86 bits per heavy atom. The van der Waals surface area contributed by atoms with E-state index in [0.29, 0.717) is 23.9 Å². The number of hydrogen-bond donors (Lipinski definition) is 1. The van der Waals surface area contributed by atoms with Crippen molar-refractivity contribution in [1.82, 2.24) is 19.5 Å². The Labute approximate surface area is 168 Å². The van der Waals surface area contributed by atoms with Crippen molar-refractivity contribution >= 4 is 22.1 Å². The third-order valence-corrected chi connectivity index (χ3v) is 6.07. The largest absolute Gasteiger partial charge is 0.346 e. The molecule has 5 rings (SSSR count). The first kappa shape index (κ1) is 17.5. The number of H-pyrrole nitrogens is 1. The van der Waals surface area contributed by atoms with Gasteiger partial charge >= 0.3 is 0 Å². The van der Waals surface area contributed by atoms with Gasteiger partial charge in [-0.15, -0.1) is 0 Å². The van der Waals surface area contributed by atoms with Crippen LogP contribution in [-0.4, -0.2) is 19.5 Å². The lowest BCUT2D eigenvalue weighted by Gasteiger charge is -2.30. The fraction of sp³-hybridized carbons (Fsp3) is 0.304. The fourth-order valence-electron chi connectivity index (χ4n) is 4.58. The van der Waals surface area contributed by atoms with Crippen molar-refractivity contribution in [2.45, 2.75) is 38.1 Å². The van der Waals surface area contributed by atoms with E-state index in [4.69, 9.17) is 15.5 Å². The monoisotopic (exact) mass is 380 g/mol. The van der Waals surface area contributed by atoms with Crippen molar-refractivity contribution in [1.29, 1.82) is 10.5 Å². The molecule has 6 heteroatoms. The fourth-order valence-corrected chi connectivity index (χ4v) is 4.58. The number of imidazole rings is 1. The summed E-state index contributed by atoms with van der Waals surface area (Å²) in [5, 5.41) is 19.2. The number of nitrogens with one attached hydrogen (secondary N) is 1. The van der Waals surface area contributed by atoms with E-state index in [1.54, 1.807) is 0 Å². The SMILES string of the molecule is N#CC[C@H]1CC[C@@H](n2c(-c3ccc(C#N)cc3)nc3cnc4[nH]ccc4c32)CC1. The van der Waals surface area contributed by atoms with E-state index in [2.05, 4.69) is 32.7 Å². The van der Waals surface area contributed by atoms with Gasteiger partial charge in [-0.2, -0.15) is 10.5 Å². The first-order valence-electron chi connectivity index (χ1n) is 10.00. The van der Waals surface area contributed by atoms with Gasteiger partial charge in [0.25, 0.3) is 0 Å². The molecule has 3 heterocycles. The summed E-state index contributed by atoms with van der Waals surface area (Å²) in [5.41, 5.74) is 4.50. The van der Waals surface area contributed by atoms with Crippen LogP contribution in [0, 0.1) is 28.6 Å². The smallest absolute Gasteiger partial charge is 0.141 e. The number of aromatic amines is 1. The molecular formula is C23H20N6. The van der Waals surface area contributed by atoms with Crippen molar-refractivity contribution < 1.29 is 0 Å². The van der Waals surface area contributed by atoms with E-state index in [-0.39, 0.29) is 0 Å². The Morgan fingerprint density at radius 1 is 1.07 bits per heavy atom. The zero-order valence-corrected chi connectivity index (χ0v) is 16.0. The second-order valence-corrected chi connectivity index (χ2v) is 7.76. The second kappa shape index (κ2) is 7.07. The van der Waals surface area contributed by atoms with Crippen LogP contribution in [0.25, 0.3) is 33.5 Å². The van der Waals surface area contributed by atoms with Crippen LogP contribution in [0.5, 0.6) is 0 Å². The number of benzene rings is 1. The number of pyridine rings is 1. The molecule has 29 heavy (non-hydrogen) atoms. The highest BCUT2D eigenvalue weighted by Gasteiger charge is 2.27. The molecule has 0 aliphatic heterocycles. The summed E-state index contributed by atoms with van der Waals surface area (Å²) in [6.45, 7) is 0. The molecule has 4 aromatic rings. The van der Waals surface area contributed by atoms with E-state index in [0.717, 1.165) is 59.1 Å². The van der Waals surface area contributed by atoms with Gasteiger partial charge in [0.15, 0.2) is 0 Å². The van der Waals surface area contributed by atoms with Crippen LogP contribution in [0.1, 0.15) is 43.7 Å². The minimum Gasteiger partial charge on any atom is -0.346 e. The molecule has 1 aliphatic carbocycles. The molecule has 0 unspecified atom stereocenters. The molecule has 1 aliphatic rings. The highest BCUT2D eigenvalue weighted by Crippen LogP contribution is 2.40. The standard InChI is InChI=1S/C23H20N6/c24-11-9-15-3-7-18(8-4-15)29-21-19-10-12-26-22(19)27-14-20(21)28-23(29)17-5-1-16(13-25)2-6-17/h1-2,5-6,10,12,14-15,18H,3-4,7-9H2,(H,26,27)/t15-,18+. The Bertz CT molecular complexity index is 1260. The first-order chi connectivity index (χ1) is 14.3. The van der Waals surface area contributed by atoms with Crippen molar-refractivity contribution in [3.05, 3.63) is 48.3 Å². The molecular weight excluding hydrogens is 360 g/mol. The molecule has 1 aromatic carbocycles. The van der Waals surface area contributed by atoms with E-state index >= 15 is 0 Å². The van der Waals surface area contributed by atoms with E-state index in [1.165, 1.54) is 0 Å². The second-order valence-electron chi connectivity index (χ2n) is 7.76. The minimum atomic E-state index is 0.334. The van der Waals surface area contributed by atoms with Crippen LogP contribution in [0.2, 0.25) is 0 Å². The van der Waals surface area contributed by atoms with Crippen LogP contribution in [-0.2, 0) is 0 Å². The normalized spacial score (nSPS) is 19.2. The zero-order chi connectivity index (χ0) is 19.8. The minimum absolute atomic E-state index is 0.334. The molecule has 142 valence electrons. The number of hydrogen-bond acceptors (Lipinski definition) is 4. The van der Waals surface area contributed by atoms with Gasteiger partial charge in [-0.05, 0) is 61.9 Å². The molecule has 1 fully saturated rings. The molecule has 1 saturated carbocycles. The third-order valence-electron chi connectivity index (χ3n) is 6.07. The number of nitriles is 2. The van der Waals surface area contributed by atoms with Gasteiger partial charge in [-0.1, -0.05) is 0 Å². The van der Waals surface area contributed by atoms with Crippen LogP contribution in [0.4, 0.5) is 0 Å². The lowest BCUT2D eigenvalue weighted by molar-refractivity contribution is 0.283. The van der Waals surface area contributed by atoms with E-state index < -0.39 is 0 Å². The van der Waals surface area contributed by atoms with Gasteiger partial charge in [0, 0.05) is 29.6 Å². The van der Waals surface area contributed by atoms with Crippen LogP contribution in [0.3, 0.4) is 0 Å². The first-order valence-corrected chi connectivity index (χ1v) is 10.00. The lowest BCUT2D eigenvalue weighted by Crippen LogP contribution is -2.19. The molecule has 0 radical (unpaired) electrons. The molecule has 3 aromatic heterocycles. The maximum Gasteiger partial charge on any atom is 0.141 e. The molecule has 0 amide bonds. The number of nitrogens with zero attached hydrogens (tertiary/aromatic N) is 5. The number of aromatic nitrogens is 4. The average molecular weight is 380 g/mol. The number of fused-ring (bicyclic) bond motifs is 3. The predicted molar refractivity (Wildman–Crippen MR) is 111 cm³/mol. The maximum atomic E-state index is 9.13. The molecule has 1 N–H and O–H groups in total. The molecule has 0 atom stereocenters. The summed E-state index contributed by atoms with van der Waals surface area (Å²) in [5.74, 6) is 1.42. The quantitative estimate of drug-likeness (QED) is 0.535. The average Bonchev–Trinajstić information content (AvgIpc) is 3.39.